The predicted octanol–water partition coefficient (Wildman–Crippen LogP) is 3.58. The highest BCUT2D eigenvalue weighted by molar-refractivity contribution is 7.92. The highest BCUT2D eigenvalue weighted by Gasteiger charge is 2.29. The Morgan fingerprint density at radius 3 is 2.22 bits per heavy atom. The smallest absolute Gasteiger partial charge is 0.247 e. The third-order valence-electron chi connectivity index (χ3n) is 3.84. The van der Waals surface area contributed by atoms with Crippen molar-refractivity contribution < 1.29 is 17.9 Å². The molecule has 2 rings (SSSR count). The van der Waals surface area contributed by atoms with E-state index in [0.29, 0.717) is 17.1 Å². The van der Waals surface area contributed by atoms with Crippen molar-refractivity contribution in [2.24, 2.45) is 0 Å². The molecule has 0 aliphatic rings. The van der Waals surface area contributed by atoms with Crippen LogP contribution in [0.1, 0.15) is 26.3 Å². The van der Waals surface area contributed by atoms with Gasteiger partial charge in [0.05, 0.1) is 18.0 Å². The van der Waals surface area contributed by atoms with Crippen LogP contribution in [0.5, 0.6) is 5.75 Å². The monoisotopic (exact) mass is 390 g/mol. The van der Waals surface area contributed by atoms with Gasteiger partial charge in [0.25, 0.3) is 0 Å². The van der Waals surface area contributed by atoms with Gasteiger partial charge in [0.15, 0.2) is 0 Å². The van der Waals surface area contributed by atoms with Crippen LogP contribution in [0.2, 0.25) is 0 Å². The Bertz CT molecular complexity index is 892. The summed E-state index contributed by atoms with van der Waals surface area (Å²) in [6.07, 6.45) is 1.15. The lowest BCUT2D eigenvalue weighted by Crippen LogP contribution is -2.45. The maximum Gasteiger partial charge on any atom is 0.247 e. The fourth-order valence-corrected chi connectivity index (χ4v) is 3.88. The van der Waals surface area contributed by atoms with Crippen molar-refractivity contribution >= 4 is 27.3 Å². The minimum Gasteiger partial charge on any atom is -0.491 e. The molecule has 1 atom stereocenters. The molecule has 0 saturated heterocycles. The second kappa shape index (κ2) is 8.43. The van der Waals surface area contributed by atoms with Gasteiger partial charge in [-0.15, -0.1) is 0 Å². The zero-order chi connectivity index (χ0) is 20.2. The van der Waals surface area contributed by atoms with Gasteiger partial charge in [0.2, 0.25) is 15.9 Å². The summed E-state index contributed by atoms with van der Waals surface area (Å²) in [7, 11) is -3.64. The Kier molecular flexibility index (Phi) is 6.49. The highest BCUT2D eigenvalue weighted by Crippen LogP contribution is 2.23. The number of hydrogen-bond acceptors (Lipinski definition) is 4. The number of carbonyl (C=O) groups excluding carboxylic acids is 1. The number of aryl methyl sites for hydroxylation is 1. The van der Waals surface area contributed by atoms with Crippen LogP contribution in [0.15, 0.2) is 48.5 Å². The summed E-state index contributed by atoms with van der Waals surface area (Å²) in [5.41, 5.74) is 1.94. The molecule has 2 aromatic rings. The molecule has 1 amide bonds. The van der Waals surface area contributed by atoms with Crippen LogP contribution < -0.4 is 14.4 Å². The fraction of sp³-hybridized carbons (Fsp3) is 0.350. The second-order valence-electron chi connectivity index (χ2n) is 6.75. The van der Waals surface area contributed by atoms with Crippen LogP contribution in [0, 0.1) is 6.92 Å². The van der Waals surface area contributed by atoms with Gasteiger partial charge < -0.3 is 10.1 Å². The zero-order valence-electron chi connectivity index (χ0n) is 16.3. The molecule has 0 spiro atoms. The maximum absolute atomic E-state index is 12.7. The van der Waals surface area contributed by atoms with Crippen LogP contribution in [-0.4, -0.2) is 32.7 Å². The fourth-order valence-electron chi connectivity index (χ4n) is 2.71. The lowest BCUT2D eigenvalue weighted by molar-refractivity contribution is -0.116. The zero-order valence-corrected chi connectivity index (χ0v) is 17.1. The lowest BCUT2D eigenvalue weighted by atomic mass is 10.2. The van der Waals surface area contributed by atoms with Gasteiger partial charge in [-0.1, -0.05) is 12.1 Å². The molecule has 0 saturated carbocycles. The molecule has 6 nitrogen and oxygen atoms in total. The normalized spacial score (nSPS) is 12.5. The van der Waals surface area contributed by atoms with Crippen molar-refractivity contribution in [3.05, 3.63) is 54.1 Å². The molecule has 7 heteroatoms. The first kappa shape index (κ1) is 20.8. The maximum atomic E-state index is 12.7. The van der Waals surface area contributed by atoms with Crippen LogP contribution in [-0.2, 0) is 14.8 Å². The van der Waals surface area contributed by atoms with Crippen molar-refractivity contribution in [3.63, 3.8) is 0 Å². The Morgan fingerprint density at radius 2 is 1.70 bits per heavy atom. The van der Waals surface area contributed by atoms with E-state index in [0.717, 1.165) is 16.1 Å². The van der Waals surface area contributed by atoms with E-state index in [-0.39, 0.29) is 6.10 Å². The van der Waals surface area contributed by atoms with Crippen LogP contribution in [0.3, 0.4) is 0 Å². The molecule has 0 heterocycles. The Morgan fingerprint density at radius 1 is 1.07 bits per heavy atom. The summed E-state index contributed by atoms with van der Waals surface area (Å²) in [5, 5.41) is 2.76. The van der Waals surface area contributed by atoms with E-state index >= 15 is 0 Å². The number of sulfonamides is 1. The molecule has 0 unspecified atom stereocenters. The number of rotatable bonds is 7. The number of anilines is 2. The number of hydrogen-bond donors (Lipinski definition) is 1. The molecule has 0 aliphatic carbocycles. The number of nitrogens with one attached hydrogen (secondary N) is 1. The minimum absolute atomic E-state index is 0.0584. The average molecular weight is 391 g/mol. The van der Waals surface area contributed by atoms with E-state index in [1.54, 1.807) is 49.4 Å². The standard InChI is InChI=1S/C20H26N2O4S/c1-14(2)26-19-11-9-17(10-12-19)21-20(23)16(4)22(27(5,24)25)18-8-6-7-15(3)13-18/h6-14,16H,1-5H3,(H,21,23)/t16-/m1/s1. The van der Waals surface area contributed by atoms with Gasteiger partial charge in [-0.3, -0.25) is 9.10 Å². The lowest BCUT2D eigenvalue weighted by Gasteiger charge is -2.28. The quantitative estimate of drug-likeness (QED) is 0.784. The summed E-state index contributed by atoms with van der Waals surface area (Å²) in [6, 6.07) is 13.1. The average Bonchev–Trinajstić information content (AvgIpc) is 2.55. The van der Waals surface area contributed by atoms with Gasteiger partial charge in [-0.2, -0.15) is 0 Å². The largest absolute Gasteiger partial charge is 0.491 e. The molecule has 27 heavy (non-hydrogen) atoms. The molecule has 0 aromatic heterocycles. The summed E-state index contributed by atoms with van der Waals surface area (Å²) in [5.74, 6) is 0.285. The van der Waals surface area contributed by atoms with E-state index in [1.165, 1.54) is 0 Å². The number of ether oxygens (including phenoxy) is 1. The van der Waals surface area contributed by atoms with E-state index in [4.69, 9.17) is 4.74 Å². The van der Waals surface area contributed by atoms with Crippen LogP contribution in [0.4, 0.5) is 11.4 Å². The van der Waals surface area contributed by atoms with Gasteiger partial charge in [0.1, 0.15) is 11.8 Å². The SMILES string of the molecule is Cc1cccc(N([C@H](C)C(=O)Nc2ccc(OC(C)C)cc2)S(C)(=O)=O)c1. The van der Waals surface area contributed by atoms with Crippen molar-refractivity contribution in [1.82, 2.24) is 0 Å². The summed E-state index contributed by atoms with van der Waals surface area (Å²) in [6.45, 7) is 7.30. The number of amides is 1. The molecule has 0 radical (unpaired) electrons. The number of carbonyl (C=O) groups is 1. The third-order valence-corrected chi connectivity index (χ3v) is 5.08. The van der Waals surface area contributed by atoms with Crippen LogP contribution >= 0.6 is 0 Å². The van der Waals surface area contributed by atoms with Crippen molar-refractivity contribution in [3.8, 4) is 5.75 Å². The van der Waals surface area contributed by atoms with Gasteiger partial charge in [-0.25, -0.2) is 8.42 Å². The van der Waals surface area contributed by atoms with E-state index in [9.17, 15) is 13.2 Å². The first-order valence-corrected chi connectivity index (χ1v) is 10.6. The highest BCUT2D eigenvalue weighted by atomic mass is 32.2. The van der Waals surface area contributed by atoms with Gasteiger partial charge in [-0.05, 0) is 69.7 Å². The molecule has 146 valence electrons. The van der Waals surface area contributed by atoms with Crippen molar-refractivity contribution in [2.45, 2.75) is 39.8 Å². The van der Waals surface area contributed by atoms with Crippen molar-refractivity contribution in [2.75, 3.05) is 15.9 Å². The minimum atomic E-state index is -3.64. The molecule has 0 fully saturated rings. The molecule has 1 N–H and O–H groups in total. The van der Waals surface area contributed by atoms with Crippen LogP contribution in [0.25, 0.3) is 0 Å². The van der Waals surface area contributed by atoms with E-state index in [2.05, 4.69) is 5.32 Å². The third kappa shape index (κ3) is 5.72. The summed E-state index contributed by atoms with van der Waals surface area (Å²) >= 11 is 0. The first-order valence-electron chi connectivity index (χ1n) is 8.71. The first-order chi connectivity index (χ1) is 12.6. The number of benzene rings is 2. The predicted molar refractivity (Wildman–Crippen MR) is 109 cm³/mol. The summed E-state index contributed by atoms with van der Waals surface area (Å²) in [4.78, 5) is 12.7. The second-order valence-corrected chi connectivity index (χ2v) is 8.61. The topological polar surface area (TPSA) is 75.7 Å². The molecular weight excluding hydrogens is 364 g/mol. The molecule has 0 aliphatic heterocycles. The Labute approximate surface area is 161 Å². The van der Waals surface area contributed by atoms with E-state index < -0.39 is 22.0 Å². The molecular formula is C20H26N2O4S. The Balaban J connectivity index is 2.20. The Hall–Kier alpha value is -2.54. The van der Waals surface area contributed by atoms with E-state index in [1.807, 2.05) is 26.8 Å². The molecule has 2 aromatic carbocycles. The number of nitrogens with zero attached hydrogens (tertiary/aromatic N) is 1. The van der Waals surface area contributed by atoms with Crippen molar-refractivity contribution in [1.29, 1.82) is 0 Å². The van der Waals surface area contributed by atoms with Gasteiger partial charge in [0, 0.05) is 5.69 Å². The summed E-state index contributed by atoms with van der Waals surface area (Å²) < 4.78 is 31.3. The molecule has 0 bridgehead atoms. The van der Waals surface area contributed by atoms with Gasteiger partial charge >= 0.3 is 0 Å².